The number of carbonyl (C=O) groups is 1. The van der Waals surface area contributed by atoms with E-state index in [2.05, 4.69) is 10.6 Å². The fourth-order valence-electron chi connectivity index (χ4n) is 2.63. The van der Waals surface area contributed by atoms with E-state index in [4.69, 9.17) is 0 Å². The molecule has 2 rings (SSSR count). The van der Waals surface area contributed by atoms with Crippen LogP contribution in [0.25, 0.3) is 0 Å². The highest BCUT2D eigenvalue weighted by molar-refractivity contribution is 5.84. The molecule has 0 aromatic heterocycles. The second-order valence-corrected chi connectivity index (χ2v) is 5.79. The topological polar surface area (TPSA) is 41.1 Å². The highest BCUT2D eigenvalue weighted by Gasteiger charge is 2.20. The zero-order valence-corrected chi connectivity index (χ0v) is 12.5. The smallest absolute Gasteiger partial charge is 0.242 e. The van der Waals surface area contributed by atoms with Crippen LogP contribution in [0, 0.1) is 18.6 Å². The van der Waals surface area contributed by atoms with Gasteiger partial charge in [-0.25, -0.2) is 8.78 Å². The summed E-state index contributed by atoms with van der Waals surface area (Å²) in [5, 5.41) is 5.71. The third kappa shape index (κ3) is 4.16. The van der Waals surface area contributed by atoms with Gasteiger partial charge in [0.05, 0.1) is 5.69 Å². The number of benzene rings is 1. The van der Waals surface area contributed by atoms with Crippen LogP contribution in [-0.2, 0) is 4.79 Å². The number of hydrogen-bond donors (Lipinski definition) is 2. The Bertz CT molecular complexity index is 513. The second kappa shape index (κ2) is 6.87. The molecule has 0 saturated heterocycles. The van der Waals surface area contributed by atoms with E-state index in [0.717, 1.165) is 37.8 Å². The van der Waals surface area contributed by atoms with E-state index in [1.165, 1.54) is 13.3 Å². The molecule has 1 aromatic rings. The van der Waals surface area contributed by atoms with Crippen molar-refractivity contribution in [2.45, 2.75) is 58.0 Å². The van der Waals surface area contributed by atoms with Gasteiger partial charge in [0.15, 0.2) is 0 Å². The van der Waals surface area contributed by atoms with Gasteiger partial charge in [0.25, 0.3) is 0 Å². The summed E-state index contributed by atoms with van der Waals surface area (Å²) in [6.45, 7) is 3.15. The van der Waals surface area contributed by atoms with Crippen molar-refractivity contribution < 1.29 is 13.6 Å². The van der Waals surface area contributed by atoms with Crippen LogP contribution in [0.15, 0.2) is 12.1 Å². The van der Waals surface area contributed by atoms with Crippen molar-refractivity contribution in [2.75, 3.05) is 5.32 Å². The molecule has 1 aliphatic rings. The molecule has 1 amide bonds. The van der Waals surface area contributed by atoms with E-state index < -0.39 is 17.7 Å². The van der Waals surface area contributed by atoms with Crippen LogP contribution in [0.3, 0.4) is 0 Å². The zero-order chi connectivity index (χ0) is 15.4. The van der Waals surface area contributed by atoms with Crippen LogP contribution in [0.4, 0.5) is 14.5 Å². The molecule has 1 aromatic carbocycles. The number of amides is 1. The molecule has 0 aliphatic heterocycles. The summed E-state index contributed by atoms with van der Waals surface area (Å²) in [4.78, 5) is 12.1. The van der Waals surface area contributed by atoms with Crippen molar-refractivity contribution in [3.63, 3.8) is 0 Å². The van der Waals surface area contributed by atoms with Crippen molar-refractivity contribution in [1.29, 1.82) is 0 Å². The van der Waals surface area contributed by atoms with Gasteiger partial charge in [-0.1, -0.05) is 19.3 Å². The van der Waals surface area contributed by atoms with Crippen LogP contribution in [0.5, 0.6) is 0 Å². The summed E-state index contributed by atoms with van der Waals surface area (Å²) in [5.74, 6) is -1.22. The standard InChI is InChI=1S/C16H22F2N2O/c1-10-8-14(18)15(9-13(10)17)19-11(2)16(21)20-12-6-4-3-5-7-12/h8-9,11-12,19H,3-7H2,1-2H3,(H,20,21). The summed E-state index contributed by atoms with van der Waals surface area (Å²) in [7, 11) is 0. The molecule has 21 heavy (non-hydrogen) atoms. The number of anilines is 1. The van der Waals surface area contributed by atoms with Gasteiger partial charge in [-0.05, 0) is 38.3 Å². The minimum Gasteiger partial charge on any atom is -0.371 e. The van der Waals surface area contributed by atoms with Crippen molar-refractivity contribution in [3.05, 3.63) is 29.3 Å². The molecular formula is C16H22F2N2O. The molecule has 0 bridgehead atoms. The Balaban J connectivity index is 1.95. The lowest BCUT2D eigenvalue weighted by atomic mass is 9.95. The van der Waals surface area contributed by atoms with Crippen LogP contribution < -0.4 is 10.6 Å². The van der Waals surface area contributed by atoms with Crippen molar-refractivity contribution >= 4 is 11.6 Å². The van der Waals surface area contributed by atoms with Crippen LogP contribution in [0.2, 0.25) is 0 Å². The minimum absolute atomic E-state index is 0.0180. The lowest BCUT2D eigenvalue weighted by Crippen LogP contribution is -2.44. The largest absolute Gasteiger partial charge is 0.371 e. The Labute approximate surface area is 124 Å². The van der Waals surface area contributed by atoms with E-state index in [-0.39, 0.29) is 23.2 Å². The third-order valence-corrected chi connectivity index (χ3v) is 3.97. The maximum atomic E-state index is 13.8. The molecule has 5 heteroatoms. The van der Waals surface area contributed by atoms with Gasteiger partial charge in [-0.3, -0.25) is 4.79 Å². The molecule has 116 valence electrons. The minimum atomic E-state index is -0.608. The van der Waals surface area contributed by atoms with Gasteiger partial charge in [0, 0.05) is 12.1 Å². The Hall–Kier alpha value is -1.65. The summed E-state index contributed by atoms with van der Waals surface area (Å²) >= 11 is 0. The van der Waals surface area contributed by atoms with Crippen molar-refractivity contribution in [3.8, 4) is 0 Å². The van der Waals surface area contributed by atoms with Crippen molar-refractivity contribution in [1.82, 2.24) is 5.32 Å². The average Bonchev–Trinajstić information content (AvgIpc) is 2.45. The van der Waals surface area contributed by atoms with Gasteiger partial charge < -0.3 is 10.6 Å². The number of halogens is 2. The zero-order valence-electron chi connectivity index (χ0n) is 12.5. The molecule has 0 heterocycles. The Morgan fingerprint density at radius 3 is 2.52 bits per heavy atom. The monoisotopic (exact) mass is 296 g/mol. The molecule has 0 spiro atoms. The van der Waals surface area contributed by atoms with Gasteiger partial charge in [-0.2, -0.15) is 0 Å². The lowest BCUT2D eigenvalue weighted by molar-refractivity contribution is -0.122. The van der Waals surface area contributed by atoms with E-state index in [0.29, 0.717) is 0 Å². The normalized spacial score (nSPS) is 17.3. The van der Waals surface area contributed by atoms with Crippen LogP contribution in [-0.4, -0.2) is 18.0 Å². The molecule has 1 unspecified atom stereocenters. The summed E-state index contributed by atoms with van der Waals surface area (Å²) in [6.07, 6.45) is 5.46. The molecule has 0 radical (unpaired) electrons. The quantitative estimate of drug-likeness (QED) is 0.892. The predicted molar refractivity (Wildman–Crippen MR) is 79.2 cm³/mol. The maximum Gasteiger partial charge on any atom is 0.242 e. The molecular weight excluding hydrogens is 274 g/mol. The van der Waals surface area contributed by atoms with Crippen LogP contribution >= 0.6 is 0 Å². The first kappa shape index (κ1) is 15.7. The maximum absolute atomic E-state index is 13.8. The van der Waals surface area contributed by atoms with E-state index in [9.17, 15) is 13.6 Å². The van der Waals surface area contributed by atoms with Gasteiger partial charge >= 0.3 is 0 Å². The summed E-state index contributed by atoms with van der Waals surface area (Å²) in [5.41, 5.74) is 0.266. The molecule has 1 fully saturated rings. The molecule has 1 atom stereocenters. The lowest BCUT2D eigenvalue weighted by Gasteiger charge is -2.25. The SMILES string of the molecule is Cc1cc(F)c(NC(C)C(=O)NC2CCCCC2)cc1F. The van der Waals surface area contributed by atoms with Gasteiger partial charge in [0.2, 0.25) is 5.91 Å². The molecule has 2 N–H and O–H groups in total. The predicted octanol–water partition coefficient (Wildman–Crippen LogP) is 3.52. The van der Waals surface area contributed by atoms with Crippen LogP contribution in [0.1, 0.15) is 44.6 Å². The number of carbonyl (C=O) groups excluding carboxylic acids is 1. The number of hydrogen-bond acceptors (Lipinski definition) is 2. The van der Waals surface area contributed by atoms with Gasteiger partial charge in [0.1, 0.15) is 17.7 Å². The summed E-state index contributed by atoms with van der Waals surface area (Å²) in [6, 6.07) is 1.82. The van der Waals surface area contributed by atoms with E-state index in [1.54, 1.807) is 6.92 Å². The van der Waals surface area contributed by atoms with E-state index in [1.807, 2.05) is 0 Å². The average molecular weight is 296 g/mol. The fraction of sp³-hybridized carbons (Fsp3) is 0.562. The first-order valence-corrected chi connectivity index (χ1v) is 7.50. The number of aryl methyl sites for hydroxylation is 1. The highest BCUT2D eigenvalue weighted by Crippen LogP contribution is 2.20. The first-order chi connectivity index (χ1) is 9.97. The summed E-state index contributed by atoms with van der Waals surface area (Å²) < 4.78 is 27.2. The highest BCUT2D eigenvalue weighted by atomic mass is 19.1. The molecule has 1 saturated carbocycles. The Morgan fingerprint density at radius 1 is 1.19 bits per heavy atom. The van der Waals surface area contributed by atoms with E-state index >= 15 is 0 Å². The third-order valence-electron chi connectivity index (χ3n) is 3.97. The number of nitrogens with one attached hydrogen (secondary N) is 2. The van der Waals surface area contributed by atoms with Crippen molar-refractivity contribution in [2.24, 2.45) is 0 Å². The van der Waals surface area contributed by atoms with Gasteiger partial charge in [-0.15, -0.1) is 0 Å². The molecule has 3 nitrogen and oxygen atoms in total. The second-order valence-electron chi connectivity index (χ2n) is 5.79. The Kier molecular flexibility index (Phi) is 5.15. The number of rotatable bonds is 4. The molecule has 1 aliphatic carbocycles. The first-order valence-electron chi connectivity index (χ1n) is 7.50. The Morgan fingerprint density at radius 2 is 1.86 bits per heavy atom. The fourth-order valence-corrected chi connectivity index (χ4v) is 2.63.